The predicted octanol–water partition coefficient (Wildman–Crippen LogP) is 0.738. The molecule has 1 atom stereocenters. The van der Waals surface area contributed by atoms with Crippen molar-refractivity contribution in [2.45, 2.75) is 13.8 Å². The van der Waals surface area contributed by atoms with Gasteiger partial charge >= 0.3 is 11.9 Å². The summed E-state index contributed by atoms with van der Waals surface area (Å²) in [7, 11) is 0. The topological polar surface area (TPSA) is 74.6 Å². The highest BCUT2D eigenvalue weighted by Crippen LogP contribution is 2.02. The molecule has 11 heavy (non-hydrogen) atoms. The van der Waals surface area contributed by atoms with Gasteiger partial charge in [-0.05, 0) is 13.8 Å². The van der Waals surface area contributed by atoms with Crippen LogP contribution >= 0.6 is 0 Å². The van der Waals surface area contributed by atoms with Gasteiger partial charge in [-0.25, -0.2) is 4.79 Å². The molecule has 4 heteroatoms. The standard InChI is InChI=1S/C7H10O4/c1-4(6(8)9)3-5(2)7(10)11/h3-4H,1-2H3,(H,8,9)(H,10,11)/b5-3-. The highest BCUT2D eigenvalue weighted by molar-refractivity contribution is 5.87. The van der Waals surface area contributed by atoms with Crippen LogP contribution in [0.15, 0.2) is 11.6 Å². The maximum Gasteiger partial charge on any atom is 0.330 e. The third-order valence-corrected chi connectivity index (χ3v) is 1.23. The fourth-order valence-corrected chi connectivity index (χ4v) is 0.518. The van der Waals surface area contributed by atoms with Crippen molar-refractivity contribution in [1.29, 1.82) is 0 Å². The van der Waals surface area contributed by atoms with E-state index in [1.807, 2.05) is 0 Å². The second-order valence-corrected chi connectivity index (χ2v) is 2.28. The van der Waals surface area contributed by atoms with Gasteiger partial charge in [-0.3, -0.25) is 4.79 Å². The third kappa shape index (κ3) is 3.40. The molecule has 1 unspecified atom stereocenters. The molecule has 2 N–H and O–H groups in total. The Labute approximate surface area is 64.2 Å². The van der Waals surface area contributed by atoms with Crippen LogP contribution in [0.3, 0.4) is 0 Å². The largest absolute Gasteiger partial charge is 0.481 e. The Kier molecular flexibility index (Phi) is 3.30. The minimum atomic E-state index is -1.09. The molecule has 62 valence electrons. The van der Waals surface area contributed by atoms with Crippen molar-refractivity contribution in [1.82, 2.24) is 0 Å². The monoisotopic (exact) mass is 158 g/mol. The zero-order valence-electron chi connectivity index (χ0n) is 6.37. The molecule has 0 amide bonds. The van der Waals surface area contributed by atoms with E-state index in [2.05, 4.69) is 0 Å². The highest BCUT2D eigenvalue weighted by atomic mass is 16.4. The molecule has 0 aliphatic heterocycles. The van der Waals surface area contributed by atoms with Crippen LogP contribution in [-0.2, 0) is 9.59 Å². The van der Waals surface area contributed by atoms with Gasteiger partial charge in [-0.15, -0.1) is 0 Å². The van der Waals surface area contributed by atoms with Gasteiger partial charge in [-0.1, -0.05) is 6.08 Å². The molecule has 0 fully saturated rings. The lowest BCUT2D eigenvalue weighted by Crippen LogP contribution is -2.08. The zero-order chi connectivity index (χ0) is 9.02. The van der Waals surface area contributed by atoms with Gasteiger partial charge in [-0.2, -0.15) is 0 Å². The maximum atomic E-state index is 10.2. The smallest absolute Gasteiger partial charge is 0.330 e. The summed E-state index contributed by atoms with van der Waals surface area (Å²) < 4.78 is 0. The molecule has 0 bridgehead atoms. The van der Waals surface area contributed by atoms with Crippen molar-refractivity contribution in [2.24, 2.45) is 5.92 Å². The first-order valence-corrected chi connectivity index (χ1v) is 3.09. The van der Waals surface area contributed by atoms with Crippen LogP contribution in [0, 0.1) is 5.92 Å². The number of carboxylic acids is 2. The lowest BCUT2D eigenvalue weighted by Gasteiger charge is -1.98. The maximum absolute atomic E-state index is 10.2. The first-order chi connectivity index (χ1) is 4.95. The molecule has 0 rings (SSSR count). The summed E-state index contributed by atoms with van der Waals surface area (Å²) in [6.45, 7) is 2.79. The molecule has 0 saturated carbocycles. The molecule has 0 aromatic rings. The summed E-state index contributed by atoms with van der Waals surface area (Å²) in [4.78, 5) is 20.4. The summed E-state index contributed by atoms with van der Waals surface area (Å²) in [5, 5.41) is 16.7. The van der Waals surface area contributed by atoms with E-state index < -0.39 is 17.9 Å². The second kappa shape index (κ2) is 3.75. The zero-order valence-corrected chi connectivity index (χ0v) is 6.37. The van der Waals surface area contributed by atoms with Crippen molar-refractivity contribution in [2.75, 3.05) is 0 Å². The SMILES string of the molecule is C/C(=C/C(C)C(=O)O)C(=O)O. The van der Waals surface area contributed by atoms with Gasteiger partial charge in [0.1, 0.15) is 0 Å². The Morgan fingerprint density at radius 3 is 2.09 bits per heavy atom. The molecule has 0 radical (unpaired) electrons. The average molecular weight is 158 g/mol. The number of hydrogen-bond acceptors (Lipinski definition) is 2. The van der Waals surface area contributed by atoms with Crippen molar-refractivity contribution >= 4 is 11.9 Å². The van der Waals surface area contributed by atoms with Crippen LogP contribution in [-0.4, -0.2) is 22.2 Å². The van der Waals surface area contributed by atoms with Gasteiger partial charge in [0.25, 0.3) is 0 Å². The minimum absolute atomic E-state index is 0.0555. The second-order valence-electron chi connectivity index (χ2n) is 2.28. The van der Waals surface area contributed by atoms with Crippen LogP contribution in [0.4, 0.5) is 0 Å². The van der Waals surface area contributed by atoms with E-state index >= 15 is 0 Å². The fourth-order valence-electron chi connectivity index (χ4n) is 0.518. The highest BCUT2D eigenvalue weighted by Gasteiger charge is 2.09. The Bertz CT molecular complexity index is 204. The molecule has 0 spiro atoms. The molecule has 0 aromatic carbocycles. The average Bonchev–Trinajstić information content (AvgIpc) is 1.87. The van der Waals surface area contributed by atoms with Gasteiger partial charge < -0.3 is 10.2 Å². The summed E-state index contributed by atoms with van der Waals surface area (Å²) in [6.07, 6.45) is 1.20. The number of carbonyl (C=O) groups is 2. The summed E-state index contributed by atoms with van der Waals surface area (Å²) in [5.74, 6) is -2.85. The molecular weight excluding hydrogens is 148 g/mol. The molecule has 0 aromatic heterocycles. The van der Waals surface area contributed by atoms with Gasteiger partial charge in [0, 0.05) is 5.57 Å². The van der Waals surface area contributed by atoms with Crippen molar-refractivity contribution < 1.29 is 19.8 Å². The van der Waals surface area contributed by atoms with Crippen molar-refractivity contribution in [3.05, 3.63) is 11.6 Å². The molecule has 0 aliphatic carbocycles. The van der Waals surface area contributed by atoms with Gasteiger partial charge in [0.2, 0.25) is 0 Å². The van der Waals surface area contributed by atoms with Crippen LogP contribution in [0.5, 0.6) is 0 Å². The number of rotatable bonds is 3. The summed E-state index contributed by atoms with van der Waals surface area (Å²) >= 11 is 0. The molecule has 4 nitrogen and oxygen atoms in total. The molecular formula is C7H10O4. The van der Waals surface area contributed by atoms with E-state index in [0.29, 0.717) is 0 Å². The van der Waals surface area contributed by atoms with E-state index in [-0.39, 0.29) is 5.57 Å². The fraction of sp³-hybridized carbons (Fsp3) is 0.429. The van der Waals surface area contributed by atoms with Gasteiger partial charge in [0.05, 0.1) is 5.92 Å². The lowest BCUT2D eigenvalue weighted by atomic mass is 10.1. The summed E-state index contributed by atoms with van der Waals surface area (Å²) in [6, 6.07) is 0. The third-order valence-electron chi connectivity index (χ3n) is 1.23. The van der Waals surface area contributed by atoms with Crippen LogP contribution in [0.2, 0.25) is 0 Å². The Morgan fingerprint density at radius 2 is 1.82 bits per heavy atom. The first kappa shape index (κ1) is 9.68. The van der Waals surface area contributed by atoms with Crippen LogP contribution < -0.4 is 0 Å². The van der Waals surface area contributed by atoms with Gasteiger partial charge in [0.15, 0.2) is 0 Å². The first-order valence-electron chi connectivity index (χ1n) is 3.09. The van der Waals surface area contributed by atoms with Crippen LogP contribution in [0.1, 0.15) is 13.8 Å². The summed E-state index contributed by atoms with van der Waals surface area (Å²) in [5.41, 5.74) is 0.0555. The molecule has 0 aliphatic rings. The van der Waals surface area contributed by atoms with Crippen LogP contribution in [0.25, 0.3) is 0 Å². The number of hydrogen-bond donors (Lipinski definition) is 2. The number of aliphatic carboxylic acids is 2. The van der Waals surface area contributed by atoms with E-state index in [1.165, 1.54) is 19.9 Å². The van der Waals surface area contributed by atoms with Crippen molar-refractivity contribution in [3.63, 3.8) is 0 Å². The Balaban J connectivity index is 4.31. The van der Waals surface area contributed by atoms with E-state index in [1.54, 1.807) is 0 Å². The molecule has 0 heterocycles. The Morgan fingerprint density at radius 1 is 1.36 bits per heavy atom. The minimum Gasteiger partial charge on any atom is -0.481 e. The van der Waals surface area contributed by atoms with E-state index in [4.69, 9.17) is 10.2 Å². The number of carboxylic acid groups (broad SMARTS) is 2. The van der Waals surface area contributed by atoms with Crippen molar-refractivity contribution in [3.8, 4) is 0 Å². The lowest BCUT2D eigenvalue weighted by molar-refractivity contribution is -0.139. The predicted molar refractivity (Wildman–Crippen MR) is 38.2 cm³/mol. The van der Waals surface area contributed by atoms with E-state index in [0.717, 1.165) is 0 Å². The normalized spacial score (nSPS) is 14.2. The quantitative estimate of drug-likeness (QED) is 0.594. The Hall–Kier alpha value is -1.32. The van der Waals surface area contributed by atoms with E-state index in [9.17, 15) is 9.59 Å². The molecule has 0 saturated heterocycles.